The standard InChI is InChI=1S/C10H15ClSi/c1-12(2,3)10(11)9-7-5-4-6-8-9/h4-8,10H,1-3H3. The third-order valence-electron chi connectivity index (χ3n) is 1.85. The Morgan fingerprint density at radius 2 is 1.58 bits per heavy atom. The molecule has 0 aliphatic rings. The van der Waals surface area contributed by atoms with Crippen molar-refractivity contribution in [2.45, 2.75) is 24.6 Å². The van der Waals surface area contributed by atoms with E-state index >= 15 is 0 Å². The van der Waals surface area contributed by atoms with E-state index in [-0.39, 0.29) is 5.00 Å². The molecule has 0 amide bonds. The highest BCUT2D eigenvalue weighted by Crippen LogP contribution is 2.30. The van der Waals surface area contributed by atoms with Gasteiger partial charge >= 0.3 is 0 Å². The lowest BCUT2D eigenvalue weighted by atomic mass is 10.2. The molecule has 0 aromatic heterocycles. The molecule has 0 heterocycles. The second-order valence-corrected chi connectivity index (χ2v) is 10.3. The summed E-state index contributed by atoms with van der Waals surface area (Å²) in [7, 11) is -1.24. The molecule has 0 N–H and O–H groups in total. The molecule has 0 saturated carbocycles. The van der Waals surface area contributed by atoms with Gasteiger partial charge in [0.2, 0.25) is 0 Å². The second kappa shape index (κ2) is 3.63. The number of alkyl halides is 1. The maximum absolute atomic E-state index is 6.34. The van der Waals surface area contributed by atoms with E-state index in [1.165, 1.54) is 5.56 Å². The highest BCUT2D eigenvalue weighted by molar-refractivity contribution is 6.83. The molecule has 0 saturated heterocycles. The molecule has 0 aliphatic heterocycles. The summed E-state index contributed by atoms with van der Waals surface area (Å²) in [6.07, 6.45) is 0. The molecular weight excluding hydrogens is 184 g/mol. The first-order chi connectivity index (χ1) is 5.52. The molecule has 1 rings (SSSR count). The lowest BCUT2D eigenvalue weighted by Gasteiger charge is -2.23. The molecule has 0 radical (unpaired) electrons. The zero-order chi connectivity index (χ0) is 9.19. The third kappa shape index (κ3) is 2.36. The van der Waals surface area contributed by atoms with E-state index in [2.05, 4.69) is 31.8 Å². The van der Waals surface area contributed by atoms with Gasteiger partial charge < -0.3 is 0 Å². The molecule has 0 spiro atoms. The van der Waals surface area contributed by atoms with Crippen molar-refractivity contribution < 1.29 is 0 Å². The average molecular weight is 199 g/mol. The molecular formula is C10H15ClSi. The number of hydrogen-bond acceptors (Lipinski definition) is 0. The molecule has 66 valence electrons. The predicted octanol–water partition coefficient (Wildman–Crippen LogP) is 3.84. The summed E-state index contributed by atoms with van der Waals surface area (Å²) >= 11 is 6.34. The Morgan fingerprint density at radius 1 is 1.08 bits per heavy atom. The minimum absolute atomic E-state index is 0.235. The van der Waals surface area contributed by atoms with Crippen molar-refractivity contribution in [3.8, 4) is 0 Å². The van der Waals surface area contributed by atoms with Gasteiger partial charge in [0.05, 0.1) is 13.1 Å². The van der Waals surface area contributed by atoms with Crippen LogP contribution in [0.3, 0.4) is 0 Å². The molecule has 1 aromatic carbocycles. The quantitative estimate of drug-likeness (QED) is 0.501. The van der Waals surface area contributed by atoms with E-state index in [0.29, 0.717) is 0 Å². The smallest absolute Gasteiger partial charge is 0.0704 e. The summed E-state index contributed by atoms with van der Waals surface area (Å²) in [4.78, 5) is 0. The van der Waals surface area contributed by atoms with Crippen molar-refractivity contribution in [3.05, 3.63) is 35.9 Å². The first kappa shape index (κ1) is 9.81. The molecule has 1 atom stereocenters. The fourth-order valence-corrected chi connectivity index (χ4v) is 2.46. The van der Waals surface area contributed by atoms with Gasteiger partial charge in [-0.25, -0.2) is 0 Å². The Hall–Kier alpha value is -0.273. The van der Waals surface area contributed by atoms with Gasteiger partial charge in [-0.2, -0.15) is 0 Å². The Morgan fingerprint density at radius 3 is 2.00 bits per heavy atom. The van der Waals surface area contributed by atoms with Gasteiger partial charge in [0, 0.05) is 0 Å². The fourth-order valence-electron chi connectivity index (χ4n) is 1.12. The SMILES string of the molecule is C[Si](C)(C)C(Cl)c1ccccc1. The first-order valence-electron chi connectivity index (χ1n) is 4.21. The first-order valence-corrected chi connectivity index (χ1v) is 8.22. The van der Waals surface area contributed by atoms with Crippen molar-refractivity contribution in [2.24, 2.45) is 0 Å². The van der Waals surface area contributed by atoms with E-state index in [0.717, 1.165) is 0 Å². The number of halogens is 1. The maximum atomic E-state index is 6.34. The Kier molecular flexibility index (Phi) is 2.97. The van der Waals surface area contributed by atoms with Crippen LogP contribution in [0, 0.1) is 0 Å². The van der Waals surface area contributed by atoms with Crippen LogP contribution in [-0.2, 0) is 0 Å². The van der Waals surface area contributed by atoms with Crippen molar-refractivity contribution in [3.63, 3.8) is 0 Å². The lowest BCUT2D eigenvalue weighted by Crippen LogP contribution is -2.26. The van der Waals surface area contributed by atoms with Gasteiger partial charge in [0.25, 0.3) is 0 Å². The van der Waals surface area contributed by atoms with Crippen LogP contribution in [0.15, 0.2) is 30.3 Å². The number of hydrogen-bond donors (Lipinski definition) is 0. The van der Waals surface area contributed by atoms with E-state index in [9.17, 15) is 0 Å². The largest absolute Gasteiger partial charge is 0.122 e. The van der Waals surface area contributed by atoms with E-state index in [1.54, 1.807) is 0 Å². The van der Waals surface area contributed by atoms with E-state index in [4.69, 9.17) is 11.6 Å². The zero-order valence-corrected chi connectivity index (χ0v) is 9.60. The van der Waals surface area contributed by atoms with Crippen LogP contribution in [0.4, 0.5) is 0 Å². The van der Waals surface area contributed by atoms with Crippen molar-refractivity contribution >= 4 is 19.7 Å². The molecule has 0 fully saturated rings. The summed E-state index contributed by atoms with van der Waals surface area (Å²) < 4.78 is 0. The van der Waals surface area contributed by atoms with Crippen LogP contribution in [0.5, 0.6) is 0 Å². The minimum Gasteiger partial charge on any atom is -0.122 e. The monoisotopic (exact) mass is 198 g/mol. The summed E-state index contributed by atoms with van der Waals surface area (Å²) in [5.41, 5.74) is 1.26. The van der Waals surface area contributed by atoms with Crippen LogP contribution in [-0.4, -0.2) is 8.07 Å². The Labute approximate surface area is 80.6 Å². The highest BCUT2D eigenvalue weighted by Gasteiger charge is 2.25. The normalized spacial score (nSPS) is 14.3. The molecule has 2 heteroatoms. The van der Waals surface area contributed by atoms with Crippen LogP contribution in [0.1, 0.15) is 10.6 Å². The summed E-state index contributed by atoms with van der Waals surface area (Å²) in [6, 6.07) is 10.3. The van der Waals surface area contributed by atoms with Gasteiger partial charge in [-0.3, -0.25) is 0 Å². The van der Waals surface area contributed by atoms with Gasteiger partial charge in [-0.15, -0.1) is 11.6 Å². The molecule has 1 aromatic rings. The Bertz CT molecular complexity index is 238. The zero-order valence-electron chi connectivity index (χ0n) is 7.84. The lowest BCUT2D eigenvalue weighted by molar-refractivity contribution is 1.26. The third-order valence-corrected chi connectivity index (χ3v) is 5.92. The van der Waals surface area contributed by atoms with Crippen LogP contribution in [0.25, 0.3) is 0 Å². The summed E-state index contributed by atoms with van der Waals surface area (Å²) in [6.45, 7) is 6.87. The van der Waals surface area contributed by atoms with Crippen molar-refractivity contribution in [1.82, 2.24) is 0 Å². The van der Waals surface area contributed by atoms with E-state index < -0.39 is 8.07 Å². The van der Waals surface area contributed by atoms with Crippen LogP contribution in [0.2, 0.25) is 19.6 Å². The van der Waals surface area contributed by atoms with Gasteiger partial charge in [-0.1, -0.05) is 50.0 Å². The van der Waals surface area contributed by atoms with Gasteiger partial charge in [-0.05, 0) is 5.56 Å². The van der Waals surface area contributed by atoms with Crippen molar-refractivity contribution in [1.29, 1.82) is 0 Å². The fraction of sp³-hybridized carbons (Fsp3) is 0.400. The summed E-state index contributed by atoms with van der Waals surface area (Å²) in [5, 5.41) is 0.235. The Balaban J connectivity index is 2.86. The number of rotatable bonds is 2. The summed E-state index contributed by atoms with van der Waals surface area (Å²) in [5.74, 6) is 0. The molecule has 12 heavy (non-hydrogen) atoms. The molecule has 0 bridgehead atoms. The predicted molar refractivity (Wildman–Crippen MR) is 58.4 cm³/mol. The van der Waals surface area contributed by atoms with E-state index in [1.807, 2.05) is 18.2 Å². The number of benzene rings is 1. The molecule has 0 nitrogen and oxygen atoms in total. The van der Waals surface area contributed by atoms with Crippen molar-refractivity contribution in [2.75, 3.05) is 0 Å². The maximum Gasteiger partial charge on any atom is 0.0704 e. The average Bonchev–Trinajstić information content (AvgIpc) is 2.03. The second-order valence-electron chi connectivity index (χ2n) is 4.14. The molecule has 0 aliphatic carbocycles. The van der Waals surface area contributed by atoms with Crippen LogP contribution < -0.4 is 0 Å². The molecule has 1 unspecified atom stereocenters. The topological polar surface area (TPSA) is 0 Å². The van der Waals surface area contributed by atoms with Crippen LogP contribution >= 0.6 is 11.6 Å². The van der Waals surface area contributed by atoms with Gasteiger partial charge in [0.1, 0.15) is 0 Å². The van der Waals surface area contributed by atoms with Gasteiger partial charge in [0.15, 0.2) is 0 Å². The minimum atomic E-state index is -1.24. The highest BCUT2D eigenvalue weighted by atomic mass is 35.5.